The van der Waals surface area contributed by atoms with Gasteiger partial charge >= 0.3 is 0 Å². The first-order valence-electron chi connectivity index (χ1n) is 9.13. The van der Waals surface area contributed by atoms with Gasteiger partial charge < -0.3 is 4.90 Å². The fourth-order valence-electron chi connectivity index (χ4n) is 3.71. The van der Waals surface area contributed by atoms with Gasteiger partial charge in [0.15, 0.2) is 0 Å². The summed E-state index contributed by atoms with van der Waals surface area (Å²) in [5.41, 5.74) is 2.07. The van der Waals surface area contributed by atoms with E-state index in [9.17, 15) is 4.79 Å². The third kappa shape index (κ3) is 4.26. The predicted octanol–water partition coefficient (Wildman–Crippen LogP) is 3.60. The van der Waals surface area contributed by atoms with Crippen molar-refractivity contribution in [3.8, 4) is 0 Å². The number of aromatic nitrogens is 1. The lowest BCUT2D eigenvalue weighted by Gasteiger charge is -2.43. The predicted molar refractivity (Wildman–Crippen MR) is 100 cm³/mol. The fourth-order valence-corrected chi connectivity index (χ4v) is 3.71. The number of hydrogen-bond acceptors (Lipinski definition) is 3. The lowest BCUT2D eigenvalue weighted by molar-refractivity contribution is 0.0167. The lowest BCUT2D eigenvalue weighted by atomic mass is 9.95. The molecular formula is C21H27N3O. The van der Waals surface area contributed by atoms with Crippen molar-refractivity contribution in [1.29, 1.82) is 0 Å². The molecule has 1 aliphatic rings. The van der Waals surface area contributed by atoms with E-state index in [2.05, 4.69) is 47.1 Å². The number of benzene rings is 1. The molecule has 0 N–H and O–H groups in total. The van der Waals surface area contributed by atoms with Gasteiger partial charge in [0.1, 0.15) is 0 Å². The molecule has 132 valence electrons. The minimum absolute atomic E-state index is 0.0546. The topological polar surface area (TPSA) is 36.4 Å². The summed E-state index contributed by atoms with van der Waals surface area (Å²) in [7, 11) is 1.90. The van der Waals surface area contributed by atoms with Crippen LogP contribution in [0.25, 0.3) is 0 Å². The molecule has 1 aromatic heterocycles. The maximum Gasteiger partial charge on any atom is 0.254 e. The number of pyridine rings is 1. The second-order valence-corrected chi connectivity index (χ2v) is 6.86. The maximum absolute atomic E-state index is 12.8. The molecule has 1 aromatic carbocycles. The zero-order valence-electron chi connectivity index (χ0n) is 15.1. The van der Waals surface area contributed by atoms with E-state index in [1.165, 1.54) is 24.8 Å². The van der Waals surface area contributed by atoms with Crippen molar-refractivity contribution in [2.45, 2.75) is 44.8 Å². The average molecular weight is 337 g/mol. The van der Waals surface area contributed by atoms with Crippen molar-refractivity contribution >= 4 is 5.91 Å². The molecule has 0 aliphatic carbocycles. The van der Waals surface area contributed by atoms with E-state index < -0.39 is 0 Å². The molecule has 1 fully saturated rings. The average Bonchev–Trinajstić information content (AvgIpc) is 2.68. The Labute approximate surface area is 150 Å². The molecule has 1 amide bonds. The van der Waals surface area contributed by atoms with E-state index in [1.54, 1.807) is 24.5 Å². The number of piperidine rings is 1. The first-order valence-corrected chi connectivity index (χ1v) is 9.13. The molecule has 0 radical (unpaired) electrons. The van der Waals surface area contributed by atoms with Gasteiger partial charge in [-0.3, -0.25) is 14.7 Å². The normalized spacial score (nSPS) is 19.4. The highest BCUT2D eigenvalue weighted by Gasteiger charge is 2.30. The number of carbonyl (C=O) groups is 1. The molecule has 2 aromatic rings. The summed E-state index contributed by atoms with van der Waals surface area (Å²) in [4.78, 5) is 21.1. The van der Waals surface area contributed by atoms with E-state index in [-0.39, 0.29) is 12.1 Å². The lowest BCUT2D eigenvalue weighted by Crippen LogP contribution is -2.54. The molecule has 25 heavy (non-hydrogen) atoms. The van der Waals surface area contributed by atoms with Crippen molar-refractivity contribution in [1.82, 2.24) is 14.8 Å². The second kappa shape index (κ2) is 8.26. The molecule has 1 aliphatic heterocycles. The van der Waals surface area contributed by atoms with Gasteiger partial charge in [-0.25, -0.2) is 0 Å². The highest BCUT2D eigenvalue weighted by atomic mass is 16.2. The van der Waals surface area contributed by atoms with Gasteiger partial charge in [0.05, 0.1) is 6.17 Å². The third-order valence-electron chi connectivity index (χ3n) is 5.27. The Morgan fingerprint density at radius 1 is 1.20 bits per heavy atom. The molecule has 4 nitrogen and oxygen atoms in total. The maximum atomic E-state index is 12.8. The van der Waals surface area contributed by atoms with Crippen LogP contribution in [0.5, 0.6) is 0 Å². The van der Waals surface area contributed by atoms with Gasteiger partial charge in [-0.05, 0) is 43.9 Å². The Bertz CT molecular complexity index is 674. The van der Waals surface area contributed by atoms with E-state index in [0.29, 0.717) is 11.6 Å². The Hall–Kier alpha value is -2.20. The Balaban J connectivity index is 1.71. The van der Waals surface area contributed by atoms with Crippen LogP contribution in [0.4, 0.5) is 0 Å². The number of nitrogens with zero attached hydrogens (tertiary/aromatic N) is 3. The minimum Gasteiger partial charge on any atom is -0.326 e. The zero-order valence-corrected chi connectivity index (χ0v) is 15.1. The molecule has 2 heterocycles. The van der Waals surface area contributed by atoms with Crippen molar-refractivity contribution in [3.63, 3.8) is 0 Å². The van der Waals surface area contributed by atoms with E-state index >= 15 is 0 Å². The molecule has 4 heteroatoms. The molecule has 3 rings (SSSR count). The molecule has 0 bridgehead atoms. The van der Waals surface area contributed by atoms with Gasteiger partial charge in [-0.1, -0.05) is 36.8 Å². The van der Waals surface area contributed by atoms with Crippen molar-refractivity contribution in [3.05, 3.63) is 66.0 Å². The first-order chi connectivity index (χ1) is 12.2. The van der Waals surface area contributed by atoms with Crippen LogP contribution in [0.3, 0.4) is 0 Å². The molecule has 0 spiro atoms. The summed E-state index contributed by atoms with van der Waals surface area (Å²) >= 11 is 0. The largest absolute Gasteiger partial charge is 0.326 e. The smallest absolute Gasteiger partial charge is 0.254 e. The highest BCUT2D eigenvalue weighted by Crippen LogP contribution is 2.24. The molecule has 2 atom stereocenters. The van der Waals surface area contributed by atoms with Gasteiger partial charge in [0.25, 0.3) is 5.91 Å². The second-order valence-electron chi connectivity index (χ2n) is 6.86. The number of likely N-dealkylation sites (tertiary alicyclic amines) is 1. The fraction of sp³-hybridized carbons (Fsp3) is 0.429. The highest BCUT2D eigenvalue weighted by molar-refractivity contribution is 5.94. The van der Waals surface area contributed by atoms with Crippen LogP contribution >= 0.6 is 0 Å². The Kier molecular flexibility index (Phi) is 5.82. The van der Waals surface area contributed by atoms with Crippen LogP contribution in [0.15, 0.2) is 54.9 Å². The quantitative estimate of drug-likeness (QED) is 0.836. The van der Waals surface area contributed by atoms with Gasteiger partial charge in [-0.15, -0.1) is 0 Å². The van der Waals surface area contributed by atoms with Crippen LogP contribution in [-0.2, 0) is 6.42 Å². The zero-order chi connectivity index (χ0) is 17.6. The number of carbonyl (C=O) groups excluding carboxylic acids is 1. The van der Waals surface area contributed by atoms with Crippen LogP contribution in [0.2, 0.25) is 0 Å². The summed E-state index contributed by atoms with van der Waals surface area (Å²) in [5, 5.41) is 0. The van der Waals surface area contributed by atoms with Gasteiger partial charge in [0, 0.05) is 37.6 Å². The summed E-state index contributed by atoms with van der Waals surface area (Å²) in [6, 6.07) is 14.7. The first kappa shape index (κ1) is 17.6. The number of hydrogen-bond donors (Lipinski definition) is 0. The number of rotatable bonds is 5. The third-order valence-corrected chi connectivity index (χ3v) is 5.27. The summed E-state index contributed by atoms with van der Waals surface area (Å²) in [6.07, 6.45) is 8.12. The standard InChI is InChI=1S/C21H27N3O/c1-17(23(2)21(25)19-11-13-22-14-12-19)24-15-7-6-10-20(24)16-18-8-4-3-5-9-18/h3-5,8-9,11-14,17,20H,6-7,10,15-16H2,1-2H3. The Morgan fingerprint density at radius 3 is 2.64 bits per heavy atom. The van der Waals surface area contributed by atoms with Crippen molar-refractivity contribution in [2.24, 2.45) is 0 Å². The summed E-state index contributed by atoms with van der Waals surface area (Å²) in [5.74, 6) is 0.0546. The van der Waals surface area contributed by atoms with Crippen LogP contribution in [0, 0.1) is 0 Å². The van der Waals surface area contributed by atoms with Crippen molar-refractivity contribution < 1.29 is 4.79 Å². The summed E-state index contributed by atoms with van der Waals surface area (Å²) < 4.78 is 0. The van der Waals surface area contributed by atoms with Gasteiger partial charge in [0.2, 0.25) is 0 Å². The van der Waals surface area contributed by atoms with Crippen molar-refractivity contribution in [2.75, 3.05) is 13.6 Å². The number of amides is 1. The molecule has 1 saturated heterocycles. The molecule has 0 saturated carbocycles. The SMILES string of the molecule is CC(N(C)C(=O)c1ccncc1)N1CCCCC1Cc1ccccc1. The van der Waals surface area contributed by atoms with E-state index in [0.717, 1.165) is 13.0 Å². The van der Waals surface area contributed by atoms with E-state index in [4.69, 9.17) is 0 Å². The van der Waals surface area contributed by atoms with Crippen LogP contribution in [0.1, 0.15) is 42.1 Å². The minimum atomic E-state index is 0.0546. The monoisotopic (exact) mass is 337 g/mol. The summed E-state index contributed by atoms with van der Waals surface area (Å²) in [6.45, 7) is 3.19. The van der Waals surface area contributed by atoms with Crippen LogP contribution < -0.4 is 0 Å². The Morgan fingerprint density at radius 2 is 1.92 bits per heavy atom. The molecular weight excluding hydrogens is 310 g/mol. The molecule has 2 unspecified atom stereocenters. The van der Waals surface area contributed by atoms with Gasteiger partial charge in [-0.2, -0.15) is 0 Å². The van der Waals surface area contributed by atoms with Crippen LogP contribution in [-0.4, -0.2) is 46.5 Å². The van der Waals surface area contributed by atoms with E-state index in [1.807, 2.05) is 11.9 Å².